The van der Waals surface area contributed by atoms with Gasteiger partial charge in [-0.3, -0.25) is 4.79 Å². The Kier molecular flexibility index (Phi) is 4.42. The zero-order valence-electron chi connectivity index (χ0n) is 16.0. The van der Waals surface area contributed by atoms with Crippen LogP contribution in [0.4, 0.5) is 4.39 Å². The molecule has 1 amide bonds. The van der Waals surface area contributed by atoms with Crippen molar-refractivity contribution in [3.63, 3.8) is 0 Å². The van der Waals surface area contributed by atoms with E-state index in [4.69, 9.17) is 0 Å². The van der Waals surface area contributed by atoms with Crippen molar-refractivity contribution in [1.82, 2.24) is 25.0 Å². The number of fused-ring (bicyclic) bond motifs is 1. The van der Waals surface area contributed by atoms with E-state index in [1.807, 2.05) is 11.0 Å². The number of benzene rings is 1. The molecule has 5 rings (SSSR count). The molecule has 7 heteroatoms. The number of carbonyl (C=O) groups excluding carboxylic acids is 1. The molecule has 3 aliphatic rings. The van der Waals surface area contributed by atoms with Gasteiger partial charge < -0.3 is 14.8 Å². The Balaban J connectivity index is 1.30. The van der Waals surface area contributed by atoms with Crippen LogP contribution in [-0.2, 0) is 23.3 Å². The van der Waals surface area contributed by atoms with E-state index in [0.717, 1.165) is 82.0 Å². The molecular formula is C21H26FN5O. The molecule has 0 bridgehead atoms. The van der Waals surface area contributed by atoms with Crippen molar-refractivity contribution in [1.29, 1.82) is 0 Å². The number of halogens is 1. The Morgan fingerprint density at radius 3 is 2.71 bits per heavy atom. The fourth-order valence-electron chi connectivity index (χ4n) is 5.00. The molecule has 2 aliphatic heterocycles. The molecule has 1 aromatic carbocycles. The van der Waals surface area contributed by atoms with E-state index in [1.165, 1.54) is 6.07 Å². The first-order valence-electron chi connectivity index (χ1n) is 10.4. The summed E-state index contributed by atoms with van der Waals surface area (Å²) >= 11 is 0. The van der Waals surface area contributed by atoms with Gasteiger partial charge in [0.2, 0.25) is 5.91 Å². The fraction of sp³-hybridized carbons (Fsp3) is 0.571. The van der Waals surface area contributed by atoms with Gasteiger partial charge in [0.15, 0.2) is 0 Å². The number of hydrogen-bond donors (Lipinski definition) is 1. The number of amides is 1. The first-order chi connectivity index (χ1) is 13.7. The maximum Gasteiger partial charge on any atom is 0.233 e. The standard InChI is InChI=1S/C21H26FN5O/c22-17-4-1-3-16(13-17)21(7-2-8-21)20(28)26-10-5-15(6-11-26)19-25-24-18-14-23-9-12-27(18)19/h1,3-4,13,15,23H,2,5-12,14H2. The minimum atomic E-state index is -0.519. The number of aromatic nitrogens is 3. The SMILES string of the molecule is O=C(N1CCC(c2nnc3n2CCNC3)CC1)C1(c2cccc(F)c2)CCC1. The lowest BCUT2D eigenvalue weighted by Gasteiger charge is -2.45. The summed E-state index contributed by atoms with van der Waals surface area (Å²) < 4.78 is 16.0. The van der Waals surface area contributed by atoms with Crippen molar-refractivity contribution in [3.8, 4) is 0 Å². The van der Waals surface area contributed by atoms with Crippen molar-refractivity contribution in [2.24, 2.45) is 0 Å². The molecule has 0 radical (unpaired) electrons. The second kappa shape index (κ2) is 6.95. The normalized spacial score (nSPS) is 21.8. The van der Waals surface area contributed by atoms with Crippen LogP contribution in [0.2, 0.25) is 0 Å². The number of carbonyl (C=O) groups is 1. The van der Waals surface area contributed by atoms with Crippen LogP contribution in [-0.4, -0.2) is 45.2 Å². The number of likely N-dealkylation sites (tertiary alicyclic amines) is 1. The molecule has 28 heavy (non-hydrogen) atoms. The van der Waals surface area contributed by atoms with Gasteiger partial charge in [0, 0.05) is 32.1 Å². The van der Waals surface area contributed by atoms with E-state index in [0.29, 0.717) is 5.92 Å². The van der Waals surface area contributed by atoms with Crippen LogP contribution in [0, 0.1) is 5.82 Å². The molecule has 1 N–H and O–H groups in total. The third-order valence-corrected chi connectivity index (χ3v) is 6.79. The summed E-state index contributed by atoms with van der Waals surface area (Å²) in [5.41, 5.74) is 0.319. The molecule has 0 unspecified atom stereocenters. The van der Waals surface area contributed by atoms with Gasteiger partial charge in [-0.2, -0.15) is 0 Å². The summed E-state index contributed by atoms with van der Waals surface area (Å²) in [7, 11) is 0. The van der Waals surface area contributed by atoms with Gasteiger partial charge in [-0.1, -0.05) is 18.6 Å². The highest BCUT2D eigenvalue weighted by Crippen LogP contribution is 2.46. The molecule has 0 atom stereocenters. The Morgan fingerprint density at radius 2 is 2.00 bits per heavy atom. The molecular weight excluding hydrogens is 357 g/mol. The number of nitrogens with one attached hydrogen (secondary N) is 1. The average Bonchev–Trinajstić information content (AvgIpc) is 3.11. The molecule has 1 saturated heterocycles. The lowest BCUT2D eigenvalue weighted by molar-refractivity contribution is -0.142. The summed E-state index contributed by atoms with van der Waals surface area (Å²) in [4.78, 5) is 15.4. The summed E-state index contributed by atoms with van der Waals surface area (Å²) in [6.45, 7) is 4.12. The third-order valence-electron chi connectivity index (χ3n) is 6.79. The van der Waals surface area contributed by atoms with Crippen LogP contribution in [0.3, 0.4) is 0 Å². The Hall–Kier alpha value is -2.28. The van der Waals surface area contributed by atoms with Crippen LogP contribution >= 0.6 is 0 Å². The molecule has 2 fully saturated rings. The Bertz CT molecular complexity index is 883. The zero-order chi connectivity index (χ0) is 19.1. The maximum absolute atomic E-state index is 13.8. The minimum absolute atomic E-state index is 0.176. The predicted octanol–water partition coefficient (Wildman–Crippen LogP) is 2.35. The first kappa shape index (κ1) is 17.8. The predicted molar refractivity (Wildman–Crippen MR) is 102 cm³/mol. The van der Waals surface area contributed by atoms with E-state index in [2.05, 4.69) is 20.1 Å². The fourth-order valence-corrected chi connectivity index (χ4v) is 5.00. The van der Waals surface area contributed by atoms with Gasteiger partial charge in [-0.25, -0.2) is 4.39 Å². The van der Waals surface area contributed by atoms with Crippen molar-refractivity contribution in [2.75, 3.05) is 19.6 Å². The van der Waals surface area contributed by atoms with Gasteiger partial charge in [0.1, 0.15) is 17.5 Å². The minimum Gasteiger partial charge on any atom is -0.342 e. The van der Waals surface area contributed by atoms with Crippen LogP contribution < -0.4 is 5.32 Å². The zero-order valence-corrected chi connectivity index (χ0v) is 16.0. The maximum atomic E-state index is 13.8. The molecule has 148 valence electrons. The van der Waals surface area contributed by atoms with Crippen LogP contribution in [0.5, 0.6) is 0 Å². The number of rotatable bonds is 3. The van der Waals surface area contributed by atoms with Gasteiger partial charge in [0.05, 0.1) is 12.0 Å². The van der Waals surface area contributed by atoms with Crippen molar-refractivity contribution >= 4 is 5.91 Å². The van der Waals surface area contributed by atoms with E-state index < -0.39 is 5.41 Å². The molecule has 1 saturated carbocycles. The van der Waals surface area contributed by atoms with E-state index in [-0.39, 0.29) is 11.7 Å². The third kappa shape index (κ3) is 2.83. The van der Waals surface area contributed by atoms with E-state index in [1.54, 1.807) is 12.1 Å². The first-order valence-corrected chi connectivity index (χ1v) is 10.4. The van der Waals surface area contributed by atoms with Crippen LogP contribution in [0.25, 0.3) is 0 Å². The van der Waals surface area contributed by atoms with Gasteiger partial charge in [-0.05, 0) is 43.4 Å². The molecule has 6 nitrogen and oxygen atoms in total. The van der Waals surface area contributed by atoms with Crippen molar-refractivity contribution in [2.45, 2.75) is 56.5 Å². The summed E-state index contributed by atoms with van der Waals surface area (Å²) in [5, 5.41) is 12.1. The van der Waals surface area contributed by atoms with E-state index in [9.17, 15) is 9.18 Å². The second-order valence-corrected chi connectivity index (χ2v) is 8.32. The largest absolute Gasteiger partial charge is 0.342 e. The Labute approximate surface area is 164 Å². The van der Waals surface area contributed by atoms with Crippen LogP contribution in [0.15, 0.2) is 24.3 Å². The van der Waals surface area contributed by atoms with Gasteiger partial charge >= 0.3 is 0 Å². The highest BCUT2D eigenvalue weighted by Gasteiger charge is 2.48. The van der Waals surface area contributed by atoms with E-state index >= 15 is 0 Å². The van der Waals surface area contributed by atoms with Crippen molar-refractivity contribution in [3.05, 3.63) is 47.3 Å². The highest BCUT2D eigenvalue weighted by molar-refractivity contribution is 5.89. The summed E-state index contributed by atoms with van der Waals surface area (Å²) in [6.07, 6.45) is 4.49. The molecule has 2 aromatic rings. The van der Waals surface area contributed by atoms with Gasteiger partial charge in [-0.15, -0.1) is 10.2 Å². The Morgan fingerprint density at radius 1 is 1.18 bits per heavy atom. The summed E-state index contributed by atoms with van der Waals surface area (Å²) in [6, 6.07) is 6.61. The highest BCUT2D eigenvalue weighted by atomic mass is 19.1. The topological polar surface area (TPSA) is 63.1 Å². The van der Waals surface area contributed by atoms with Crippen molar-refractivity contribution < 1.29 is 9.18 Å². The summed E-state index contributed by atoms with van der Waals surface area (Å²) in [5.74, 6) is 2.36. The average molecular weight is 383 g/mol. The second-order valence-electron chi connectivity index (χ2n) is 8.32. The molecule has 3 heterocycles. The molecule has 1 aliphatic carbocycles. The van der Waals surface area contributed by atoms with Gasteiger partial charge in [0.25, 0.3) is 0 Å². The lowest BCUT2D eigenvalue weighted by Crippen LogP contribution is -2.53. The molecule has 1 aromatic heterocycles. The monoisotopic (exact) mass is 383 g/mol. The number of nitrogens with zero attached hydrogens (tertiary/aromatic N) is 4. The lowest BCUT2D eigenvalue weighted by atomic mass is 9.63. The molecule has 0 spiro atoms. The number of hydrogen-bond acceptors (Lipinski definition) is 4. The smallest absolute Gasteiger partial charge is 0.233 e. The quantitative estimate of drug-likeness (QED) is 0.884. The number of piperidine rings is 1. The van der Waals surface area contributed by atoms with Crippen LogP contribution in [0.1, 0.15) is 55.2 Å².